The number of benzene rings is 1. The minimum absolute atomic E-state index is 0.238. The number of hydrogen-bond donors (Lipinski definition) is 1. The van der Waals surface area contributed by atoms with Gasteiger partial charge in [0.05, 0.1) is 11.0 Å². The summed E-state index contributed by atoms with van der Waals surface area (Å²) in [7, 11) is 0. The number of fused-ring (bicyclic) bond motifs is 1. The highest BCUT2D eigenvalue weighted by Crippen LogP contribution is 2.19. The van der Waals surface area contributed by atoms with Gasteiger partial charge in [-0.25, -0.2) is 4.98 Å². The second kappa shape index (κ2) is 17.2. The third kappa shape index (κ3) is 10.7. The number of aliphatic hydroxyl groups excluding tert-OH is 1. The van der Waals surface area contributed by atoms with Crippen LogP contribution >= 0.6 is 0 Å². The van der Waals surface area contributed by atoms with Crippen LogP contribution in [-0.4, -0.2) is 21.3 Å². The summed E-state index contributed by atoms with van der Waals surface area (Å²) in [5, 5.41) is 9.18. The maximum atomic E-state index is 9.18. The lowest BCUT2D eigenvalue weighted by atomic mass is 10.0. The summed E-state index contributed by atoms with van der Waals surface area (Å²) < 4.78 is 2.38. The molecule has 1 aromatic heterocycles. The largest absolute Gasteiger partial charge is 0.396 e. The molecule has 176 valence electrons. The molecule has 3 nitrogen and oxygen atoms in total. The lowest BCUT2D eigenvalue weighted by Crippen LogP contribution is -2.05. The zero-order valence-corrected chi connectivity index (χ0v) is 20.3. The molecule has 1 N–H and O–H groups in total. The van der Waals surface area contributed by atoms with Gasteiger partial charge in [0, 0.05) is 19.6 Å². The summed E-state index contributed by atoms with van der Waals surface area (Å²) in [4.78, 5) is 4.79. The average molecular weight is 429 g/mol. The number of aliphatic hydroxyl groups is 1. The van der Waals surface area contributed by atoms with E-state index in [1.165, 1.54) is 108 Å². The van der Waals surface area contributed by atoms with E-state index < -0.39 is 0 Å². The van der Waals surface area contributed by atoms with E-state index >= 15 is 0 Å². The molecule has 31 heavy (non-hydrogen) atoms. The van der Waals surface area contributed by atoms with Crippen molar-refractivity contribution in [2.24, 2.45) is 0 Å². The van der Waals surface area contributed by atoms with Crippen LogP contribution in [-0.2, 0) is 13.0 Å². The van der Waals surface area contributed by atoms with Crippen LogP contribution in [0, 0.1) is 0 Å². The van der Waals surface area contributed by atoms with Crippen molar-refractivity contribution < 1.29 is 5.11 Å². The second-order valence-corrected chi connectivity index (χ2v) is 9.30. The van der Waals surface area contributed by atoms with Crippen molar-refractivity contribution in [3.8, 4) is 0 Å². The van der Waals surface area contributed by atoms with Gasteiger partial charge >= 0.3 is 0 Å². The van der Waals surface area contributed by atoms with E-state index in [1.54, 1.807) is 0 Å². The lowest BCUT2D eigenvalue weighted by Gasteiger charge is -2.09. The standard InChI is InChI=1S/C28H48N2O/c1-2-3-4-5-6-7-8-9-10-11-12-13-14-15-16-19-24-30-27-22-18-17-21-26(27)29-28(30)23-20-25-31/h17-18,21-22,31H,2-16,19-20,23-25H2,1H3. The highest BCUT2D eigenvalue weighted by atomic mass is 16.2. The van der Waals surface area contributed by atoms with Crippen molar-refractivity contribution in [3.05, 3.63) is 30.1 Å². The van der Waals surface area contributed by atoms with Crippen LogP contribution in [0.1, 0.15) is 122 Å². The summed E-state index contributed by atoms with van der Waals surface area (Å²) in [5.41, 5.74) is 2.34. The molecular weight excluding hydrogens is 380 g/mol. The molecule has 0 unspecified atom stereocenters. The fourth-order valence-corrected chi connectivity index (χ4v) is 4.62. The van der Waals surface area contributed by atoms with Crippen molar-refractivity contribution in [2.75, 3.05) is 6.61 Å². The Morgan fingerprint density at radius 2 is 1.19 bits per heavy atom. The highest BCUT2D eigenvalue weighted by Gasteiger charge is 2.09. The number of aromatic nitrogens is 2. The zero-order chi connectivity index (χ0) is 22.0. The Bertz CT molecular complexity index is 679. The second-order valence-electron chi connectivity index (χ2n) is 9.30. The molecule has 0 aliphatic carbocycles. The first kappa shape index (κ1) is 25.9. The van der Waals surface area contributed by atoms with Gasteiger partial charge in [-0.05, 0) is 25.0 Å². The van der Waals surface area contributed by atoms with E-state index in [4.69, 9.17) is 4.98 Å². The predicted molar refractivity (Wildman–Crippen MR) is 135 cm³/mol. The Kier molecular flexibility index (Phi) is 14.4. The molecule has 1 heterocycles. The van der Waals surface area contributed by atoms with Gasteiger partial charge in [0.15, 0.2) is 0 Å². The van der Waals surface area contributed by atoms with Gasteiger partial charge in [0.25, 0.3) is 0 Å². The summed E-state index contributed by atoms with van der Waals surface area (Å²) in [5.74, 6) is 1.14. The Morgan fingerprint density at radius 1 is 0.677 bits per heavy atom. The number of rotatable bonds is 20. The van der Waals surface area contributed by atoms with Crippen molar-refractivity contribution in [3.63, 3.8) is 0 Å². The van der Waals surface area contributed by atoms with Gasteiger partial charge in [0.2, 0.25) is 0 Å². The Hall–Kier alpha value is -1.35. The molecule has 2 aromatic rings. The van der Waals surface area contributed by atoms with Gasteiger partial charge < -0.3 is 9.67 Å². The fourth-order valence-electron chi connectivity index (χ4n) is 4.62. The number of hydrogen-bond acceptors (Lipinski definition) is 2. The van der Waals surface area contributed by atoms with Gasteiger partial charge in [-0.1, -0.05) is 115 Å². The van der Waals surface area contributed by atoms with Crippen molar-refractivity contribution in [1.82, 2.24) is 9.55 Å². The zero-order valence-electron chi connectivity index (χ0n) is 20.3. The molecule has 0 bridgehead atoms. The molecule has 0 atom stereocenters. The molecule has 0 saturated carbocycles. The van der Waals surface area contributed by atoms with Gasteiger partial charge in [-0.15, -0.1) is 0 Å². The molecule has 0 spiro atoms. The van der Waals surface area contributed by atoms with Crippen LogP contribution < -0.4 is 0 Å². The maximum Gasteiger partial charge on any atom is 0.109 e. The molecule has 0 amide bonds. The Balaban J connectivity index is 1.47. The third-order valence-electron chi connectivity index (χ3n) is 6.53. The number of aryl methyl sites for hydroxylation is 2. The number of unbranched alkanes of at least 4 members (excludes halogenated alkanes) is 15. The number of nitrogens with zero attached hydrogens (tertiary/aromatic N) is 2. The SMILES string of the molecule is CCCCCCCCCCCCCCCCCCn1c(CCCO)nc2ccccc21. The van der Waals surface area contributed by atoms with Crippen LogP contribution in [0.2, 0.25) is 0 Å². The van der Waals surface area contributed by atoms with Gasteiger partial charge in [-0.2, -0.15) is 0 Å². The molecule has 1 aromatic carbocycles. The molecule has 3 heteroatoms. The van der Waals surface area contributed by atoms with Gasteiger partial charge in [-0.3, -0.25) is 0 Å². The monoisotopic (exact) mass is 428 g/mol. The molecule has 0 aliphatic heterocycles. The number of para-hydroxylation sites is 2. The van der Waals surface area contributed by atoms with E-state index in [0.717, 1.165) is 30.7 Å². The summed E-state index contributed by atoms with van der Waals surface area (Å²) in [6.45, 7) is 3.59. The lowest BCUT2D eigenvalue weighted by molar-refractivity contribution is 0.287. The summed E-state index contributed by atoms with van der Waals surface area (Å²) in [6.07, 6.45) is 24.1. The molecule has 0 radical (unpaired) electrons. The van der Waals surface area contributed by atoms with E-state index in [2.05, 4.69) is 35.8 Å². The first-order valence-corrected chi connectivity index (χ1v) is 13.4. The maximum absolute atomic E-state index is 9.18. The molecule has 0 aliphatic rings. The molecular formula is C28H48N2O. The Morgan fingerprint density at radius 3 is 1.74 bits per heavy atom. The average Bonchev–Trinajstić information content (AvgIpc) is 3.14. The van der Waals surface area contributed by atoms with Crippen molar-refractivity contribution in [1.29, 1.82) is 0 Å². The minimum atomic E-state index is 0.238. The van der Waals surface area contributed by atoms with E-state index in [1.807, 2.05) is 0 Å². The van der Waals surface area contributed by atoms with Crippen LogP contribution in [0.15, 0.2) is 24.3 Å². The van der Waals surface area contributed by atoms with Crippen LogP contribution in [0.5, 0.6) is 0 Å². The smallest absolute Gasteiger partial charge is 0.109 e. The van der Waals surface area contributed by atoms with E-state index in [9.17, 15) is 5.11 Å². The van der Waals surface area contributed by atoms with Gasteiger partial charge in [0.1, 0.15) is 5.82 Å². The summed E-state index contributed by atoms with van der Waals surface area (Å²) >= 11 is 0. The normalized spacial score (nSPS) is 11.5. The third-order valence-corrected chi connectivity index (χ3v) is 6.53. The topological polar surface area (TPSA) is 38.0 Å². The van der Waals surface area contributed by atoms with E-state index in [-0.39, 0.29) is 6.61 Å². The van der Waals surface area contributed by atoms with Crippen molar-refractivity contribution in [2.45, 2.75) is 129 Å². The number of imidazole rings is 1. The first-order valence-electron chi connectivity index (χ1n) is 13.4. The fraction of sp³-hybridized carbons (Fsp3) is 0.750. The van der Waals surface area contributed by atoms with Crippen LogP contribution in [0.25, 0.3) is 11.0 Å². The predicted octanol–water partition coefficient (Wildman–Crippen LogP) is 8.22. The van der Waals surface area contributed by atoms with E-state index in [0.29, 0.717) is 0 Å². The minimum Gasteiger partial charge on any atom is -0.396 e. The summed E-state index contributed by atoms with van der Waals surface area (Å²) in [6, 6.07) is 8.44. The molecule has 0 fully saturated rings. The molecule has 2 rings (SSSR count). The Labute approximate surface area is 191 Å². The molecule has 0 saturated heterocycles. The van der Waals surface area contributed by atoms with Crippen LogP contribution in [0.3, 0.4) is 0 Å². The van der Waals surface area contributed by atoms with Crippen LogP contribution in [0.4, 0.5) is 0 Å². The quantitative estimate of drug-likeness (QED) is 0.216. The van der Waals surface area contributed by atoms with Crippen molar-refractivity contribution >= 4 is 11.0 Å². The first-order chi connectivity index (χ1) is 15.4. The highest BCUT2D eigenvalue weighted by molar-refractivity contribution is 5.75.